The molecule has 0 aromatic rings. The summed E-state index contributed by atoms with van der Waals surface area (Å²) in [5, 5.41) is 9.38. The number of Topliss-reactive ketones (excluding diaryl/α,β-unsaturated/α-hetero) is 1. The van der Waals surface area contributed by atoms with E-state index in [0.29, 0.717) is 12.8 Å². The van der Waals surface area contributed by atoms with Gasteiger partial charge >= 0.3 is 0 Å². The minimum absolute atomic E-state index is 0.0179. The zero-order chi connectivity index (χ0) is 14.8. The molecule has 1 heterocycles. The van der Waals surface area contributed by atoms with Crippen molar-refractivity contribution in [1.29, 1.82) is 0 Å². The molecule has 1 N–H and O–H groups in total. The van der Waals surface area contributed by atoms with Crippen molar-refractivity contribution in [3.63, 3.8) is 0 Å². The fourth-order valence-electron chi connectivity index (χ4n) is 3.12. The van der Waals surface area contributed by atoms with E-state index in [1.807, 2.05) is 41.5 Å². The van der Waals surface area contributed by atoms with Crippen LogP contribution in [0, 0.1) is 11.8 Å². The highest BCUT2D eigenvalue weighted by atomic mass is 16.8. The Morgan fingerprint density at radius 3 is 2.37 bits per heavy atom. The highest BCUT2D eigenvalue weighted by Crippen LogP contribution is 2.43. The van der Waals surface area contributed by atoms with Crippen LogP contribution in [0.1, 0.15) is 54.4 Å². The molecule has 4 heteroatoms. The number of carbonyl (C=O) groups excluding carboxylic acids is 1. The van der Waals surface area contributed by atoms with E-state index in [1.54, 1.807) is 0 Å². The first-order valence-corrected chi connectivity index (χ1v) is 7.16. The van der Waals surface area contributed by atoms with Crippen LogP contribution in [0.15, 0.2) is 0 Å². The normalized spacial score (nSPS) is 33.1. The molecular weight excluding hydrogens is 244 g/mol. The lowest BCUT2D eigenvalue weighted by atomic mass is 9.81. The lowest BCUT2D eigenvalue weighted by molar-refractivity contribution is -0.165. The third-order valence-corrected chi connectivity index (χ3v) is 3.91. The van der Waals surface area contributed by atoms with E-state index in [0.717, 1.165) is 0 Å². The van der Waals surface area contributed by atoms with Gasteiger partial charge in [0.1, 0.15) is 5.78 Å². The second kappa shape index (κ2) is 5.90. The monoisotopic (exact) mass is 272 g/mol. The second-order valence-corrected chi connectivity index (χ2v) is 6.44. The summed E-state index contributed by atoms with van der Waals surface area (Å²) in [5.74, 6) is -0.501. The SMILES string of the molecule is CCC(=O)[C@H](C)C[C@@]1(C)OC(C)(C)OC1[C@@H](C)CO. The molecule has 0 bridgehead atoms. The quantitative estimate of drug-likeness (QED) is 0.807. The summed E-state index contributed by atoms with van der Waals surface area (Å²) in [5.41, 5.74) is -0.532. The molecule has 4 atom stereocenters. The molecule has 1 aliphatic rings. The number of carbonyl (C=O) groups is 1. The molecule has 0 aromatic heterocycles. The van der Waals surface area contributed by atoms with Crippen LogP contribution in [-0.4, -0.2) is 35.0 Å². The minimum atomic E-state index is -0.669. The number of ketones is 1. The van der Waals surface area contributed by atoms with Gasteiger partial charge in [-0.1, -0.05) is 20.8 Å². The average Bonchev–Trinajstić information content (AvgIpc) is 2.56. The van der Waals surface area contributed by atoms with Crippen LogP contribution in [0.3, 0.4) is 0 Å². The van der Waals surface area contributed by atoms with Gasteiger partial charge in [-0.3, -0.25) is 4.79 Å². The summed E-state index contributed by atoms with van der Waals surface area (Å²) < 4.78 is 12.0. The van der Waals surface area contributed by atoms with Crippen molar-refractivity contribution < 1.29 is 19.4 Å². The standard InChI is InChI=1S/C15H28O4/c1-7-12(17)10(2)8-15(6)13(11(3)9-16)18-14(4,5)19-15/h10-11,13,16H,7-9H2,1-6H3/t10-,11+,13?,15-/m1/s1. The number of rotatable bonds is 6. The Morgan fingerprint density at radius 1 is 1.32 bits per heavy atom. The molecule has 19 heavy (non-hydrogen) atoms. The summed E-state index contributed by atoms with van der Waals surface area (Å²) in [6.45, 7) is 11.6. The van der Waals surface area contributed by atoms with Crippen molar-refractivity contribution in [1.82, 2.24) is 0 Å². The first-order chi connectivity index (χ1) is 8.65. The number of ether oxygens (including phenoxy) is 2. The Labute approximate surface area is 116 Å². The molecule has 4 nitrogen and oxygen atoms in total. The van der Waals surface area contributed by atoms with Crippen molar-refractivity contribution in [2.24, 2.45) is 11.8 Å². The topological polar surface area (TPSA) is 55.8 Å². The van der Waals surface area contributed by atoms with Crippen molar-refractivity contribution in [3.05, 3.63) is 0 Å². The van der Waals surface area contributed by atoms with E-state index in [-0.39, 0.29) is 30.3 Å². The summed E-state index contributed by atoms with van der Waals surface area (Å²) in [6, 6.07) is 0. The van der Waals surface area contributed by atoms with Gasteiger partial charge in [-0.15, -0.1) is 0 Å². The van der Waals surface area contributed by atoms with Gasteiger partial charge in [0.05, 0.1) is 11.7 Å². The molecule has 112 valence electrons. The Morgan fingerprint density at radius 2 is 1.89 bits per heavy atom. The summed E-state index contributed by atoms with van der Waals surface area (Å²) in [7, 11) is 0. The van der Waals surface area contributed by atoms with Crippen LogP contribution in [0.5, 0.6) is 0 Å². The molecule has 1 saturated heterocycles. The molecule has 1 unspecified atom stereocenters. The van der Waals surface area contributed by atoms with E-state index in [4.69, 9.17) is 9.47 Å². The number of aliphatic hydroxyl groups is 1. The fraction of sp³-hybridized carbons (Fsp3) is 0.933. The molecule has 1 fully saturated rings. The molecule has 0 saturated carbocycles. The second-order valence-electron chi connectivity index (χ2n) is 6.44. The van der Waals surface area contributed by atoms with E-state index in [9.17, 15) is 9.90 Å². The van der Waals surface area contributed by atoms with Crippen LogP contribution in [0.4, 0.5) is 0 Å². The minimum Gasteiger partial charge on any atom is -0.396 e. The van der Waals surface area contributed by atoms with Crippen LogP contribution < -0.4 is 0 Å². The van der Waals surface area contributed by atoms with Crippen LogP contribution in [0.25, 0.3) is 0 Å². The molecule has 0 radical (unpaired) electrons. The fourth-order valence-corrected chi connectivity index (χ4v) is 3.12. The lowest BCUT2D eigenvalue weighted by Crippen LogP contribution is -2.44. The van der Waals surface area contributed by atoms with Crippen molar-refractivity contribution in [3.8, 4) is 0 Å². The highest BCUT2D eigenvalue weighted by molar-refractivity contribution is 5.80. The maximum Gasteiger partial charge on any atom is 0.164 e. The van der Waals surface area contributed by atoms with Gasteiger partial charge in [0.15, 0.2) is 5.79 Å². The first kappa shape index (κ1) is 16.6. The third-order valence-electron chi connectivity index (χ3n) is 3.91. The maximum atomic E-state index is 11.8. The molecular formula is C15H28O4. The molecule has 0 aliphatic carbocycles. The first-order valence-electron chi connectivity index (χ1n) is 7.16. The zero-order valence-corrected chi connectivity index (χ0v) is 13.0. The maximum absolute atomic E-state index is 11.8. The predicted molar refractivity (Wildman–Crippen MR) is 73.8 cm³/mol. The Balaban J connectivity index is 2.88. The number of aliphatic hydroxyl groups excluding tert-OH is 1. The van der Waals surface area contributed by atoms with Crippen molar-refractivity contribution in [2.45, 2.75) is 71.9 Å². The number of hydrogen-bond acceptors (Lipinski definition) is 4. The van der Waals surface area contributed by atoms with Gasteiger partial charge < -0.3 is 14.6 Å². The smallest absolute Gasteiger partial charge is 0.164 e. The molecule has 0 amide bonds. The Kier molecular flexibility index (Phi) is 5.15. The Hall–Kier alpha value is -0.450. The van der Waals surface area contributed by atoms with E-state index in [1.165, 1.54) is 0 Å². The average molecular weight is 272 g/mol. The van der Waals surface area contributed by atoms with Gasteiger partial charge in [-0.05, 0) is 27.2 Å². The molecule has 0 aromatic carbocycles. The molecule has 1 rings (SSSR count). The van der Waals surface area contributed by atoms with Crippen molar-refractivity contribution in [2.75, 3.05) is 6.61 Å². The van der Waals surface area contributed by atoms with Crippen LogP contribution >= 0.6 is 0 Å². The number of hydrogen-bond donors (Lipinski definition) is 1. The van der Waals surface area contributed by atoms with Gasteiger partial charge in [0, 0.05) is 24.9 Å². The van der Waals surface area contributed by atoms with Crippen LogP contribution in [-0.2, 0) is 14.3 Å². The lowest BCUT2D eigenvalue weighted by Gasteiger charge is -2.33. The van der Waals surface area contributed by atoms with Gasteiger partial charge in [-0.25, -0.2) is 0 Å². The van der Waals surface area contributed by atoms with E-state index >= 15 is 0 Å². The van der Waals surface area contributed by atoms with Gasteiger partial charge in [0.2, 0.25) is 0 Å². The summed E-state index contributed by atoms with van der Waals surface area (Å²) in [4.78, 5) is 11.8. The Bertz CT molecular complexity index is 326. The van der Waals surface area contributed by atoms with E-state index in [2.05, 4.69) is 0 Å². The zero-order valence-electron chi connectivity index (χ0n) is 13.0. The molecule has 0 spiro atoms. The predicted octanol–water partition coefficient (Wildman–Crippen LogP) is 2.53. The van der Waals surface area contributed by atoms with Crippen molar-refractivity contribution >= 4 is 5.78 Å². The third kappa shape index (κ3) is 3.77. The largest absolute Gasteiger partial charge is 0.396 e. The van der Waals surface area contributed by atoms with Gasteiger partial charge in [0.25, 0.3) is 0 Å². The summed E-state index contributed by atoms with van der Waals surface area (Å²) >= 11 is 0. The van der Waals surface area contributed by atoms with Crippen LogP contribution in [0.2, 0.25) is 0 Å². The highest BCUT2D eigenvalue weighted by Gasteiger charge is 2.52. The molecule has 1 aliphatic heterocycles. The summed E-state index contributed by atoms with van der Waals surface area (Å²) in [6.07, 6.45) is 0.972. The van der Waals surface area contributed by atoms with Gasteiger partial charge in [-0.2, -0.15) is 0 Å². The van der Waals surface area contributed by atoms with E-state index < -0.39 is 11.4 Å².